The van der Waals surface area contributed by atoms with Gasteiger partial charge in [0, 0.05) is 36.5 Å². The van der Waals surface area contributed by atoms with E-state index in [1.165, 1.54) is 5.56 Å². The van der Waals surface area contributed by atoms with Gasteiger partial charge in [-0.05, 0) is 67.5 Å². The number of benzene rings is 3. The quantitative estimate of drug-likeness (QED) is 0.368. The molecule has 0 bridgehead atoms. The molecule has 228 valence electrons. The molecule has 0 radical (unpaired) electrons. The van der Waals surface area contributed by atoms with Crippen molar-refractivity contribution in [1.29, 1.82) is 0 Å². The van der Waals surface area contributed by atoms with Gasteiger partial charge in [0.15, 0.2) is 9.84 Å². The molecule has 2 unspecified atom stereocenters. The molecule has 2 heterocycles. The molecule has 3 aromatic rings. The highest BCUT2D eigenvalue weighted by atomic mass is 35.5. The molecule has 2 amide bonds. The minimum atomic E-state index is -3.33. The number of nitrogens with zero attached hydrogens (tertiary/aromatic N) is 1. The summed E-state index contributed by atoms with van der Waals surface area (Å²) in [5.74, 6) is -0.322. The van der Waals surface area contributed by atoms with Gasteiger partial charge in [-0.3, -0.25) is 9.59 Å². The third-order valence-corrected chi connectivity index (χ3v) is 11.6. The van der Waals surface area contributed by atoms with Gasteiger partial charge in [0.25, 0.3) is 0 Å². The Kier molecular flexibility index (Phi) is 9.59. The Labute approximate surface area is 259 Å². The molecule has 2 N–H and O–H groups in total. The maximum absolute atomic E-state index is 14.1. The monoisotopic (exact) mass is 621 g/mol. The molecule has 5 rings (SSSR count). The first-order chi connectivity index (χ1) is 20.6. The van der Waals surface area contributed by atoms with E-state index in [0.717, 1.165) is 16.7 Å². The average Bonchev–Trinajstić information content (AvgIpc) is 3.01. The zero-order chi connectivity index (χ0) is 30.6. The van der Waals surface area contributed by atoms with E-state index in [1.807, 2.05) is 60.7 Å². The fourth-order valence-corrected chi connectivity index (χ4v) is 7.89. The molecule has 2 atom stereocenters. The standard InChI is InChI=1S/C34H40ClN3O4S/c1-24(2)43(41,42)23-34(28-10-4-3-5-11-28)16-18-38(19-17-34)33(40)31(20-25-12-14-29(35)15-13-25)37-32(39)30-21-26-8-6-7-9-27(26)22-36-30/h3-15,24,30-31,36H,16-23H2,1-2H3,(H,37,39). The van der Waals surface area contributed by atoms with Crippen LogP contribution in [0.1, 0.15) is 48.9 Å². The highest BCUT2D eigenvalue weighted by molar-refractivity contribution is 7.92. The summed E-state index contributed by atoms with van der Waals surface area (Å²) in [6.45, 7) is 4.84. The Morgan fingerprint density at radius 3 is 2.23 bits per heavy atom. The number of fused-ring (bicyclic) bond motifs is 1. The first kappa shape index (κ1) is 31.2. The van der Waals surface area contributed by atoms with Crippen molar-refractivity contribution in [3.63, 3.8) is 0 Å². The van der Waals surface area contributed by atoms with Crippen LogP contribution in [0, 0.1) is 0 Å². The van der Waals surface area contributed by atoms with Crippen LogP contribution in [0.15, 0.2) is 78.9 Å². The number of likely N-dealkylation sites (tertiary alicyclic amines) is 1. The van der Waals surface area contributed by atoms with E-state index in [0.29, 0.717) is 50.3 Å². The number of nitrogens with one attached hydrogen (secondary N) is 2. The summed E-state index contributed by atoms with van der Waals surface area (Å²) in [7, 11) is -3.33. The summed E-state index contributed by atoms with van der Waals surface area (Å²) in [4.78, 5) is 29.4. The lowest BCUT2D eigenvalue weighted by atomic mass is 9.74. The number of piperidine rings is 1. The van der Waals surface area contributed by atoms with E-state index in [1.54, 1.807) is 30.9 Å². The first-order valence-electron chi connectivity index (χ1n) is 15.0. The van der Waals surface area contributed by atoms with Gasteiger partial charge in [0.2, 0.25) is 11.8 Å². The fraction of sp³-hybridized carbons (Fsp3) is 0.412. The SMILES string of the molecule is CC(C)S(=O)(=O)CC1(c2ccccc2)CCN(C(=O)C(Cc2ccc(Cl)cc2)NC(=O)C2Cc3ccccc3CN2)CC1. The topological polar surface area (TPSA) is 95.6 Å². The van der Waals surface area contributed by atoms with Crippen LogP contribution in [-0.2, 0) is 44.2 Å². The summed E-state index contributed by atoms with van der Waals surface area (Å²) < 4.78 is 26.3. The number of hydrogen-bond acceptors (Lipinski definition) is 5. The van der Waals surface area contributed by atoms with E-state index in [9.17, 15) is 18.0 Å². The highest BCUT2D eigenvalue weighted by Gasteiger charge is 2.42. The molecule has 0 aromatic heterocycles. The lowest BCUT2D eigenvalue weighted by Gasteiger charge is -2.43. The van der Waals surface area contributed by atoms with Gasteiger partial charge >= 0.3 is 0 Å². The lowest BCUT2D eigenvalue weighted by Crippen LogP contribution is -2.57. The molecule has 2 aliphatic heterocycles. The second kappa shape index (κ2) is 13.2. The van der Waals surface area contributed by atoms with Crippen molar-refractivity contribution in [2.45, 2.75) is 68.8 Å². The van der Waals surface area contributed by atoms with Gasteiger partial charge in [0.1, 0.15) is 6.04 Å². The smallest absolute Gasteiger partial charge is 0.245 e. The molecule has 43 heavy (non-hydrogen) atoms. The second-order valence-electron chi connectivity index (χ2n) is 12.1. The number of sulfone groups is 1. The van der Waals surface area contributed by atoms with Crippen molar-refractivity contribution in [3.8, 4) is 0 Å². The lowest BCUT2D eigenvalue weighted by molar-refractivity contribution is -0.138. The Morgan fingerprint density at radius 2 is 1.58 bits per heavy atom. The van der Waals surface area contributed by atoms with E-state index in [4.69, 9.17) is 11.6 Å². The molecule has 3 aromatic carbocycles. The molecular formula is C34H40ClN3O4S. The second-order valence-corrected chi connectivity index (χ2v) is 15.1. The van der Waals surface area contributed by atoms with E-state index >= 15 is 0 Å². The molecule has 7 nitrogen and oxygen atoms in total. The molecule has 1 saturated heterocycles. The normalized spacial score (nSPS) is 19.0. The minimum Gasteiger partial charge on any atom is -0.343 e. The molecule has 0 saturated carbocycles. The number of rotatable bonds is 9. The van der Waals surface area contributed by atoms with Crippen LogP contribution in [0.3, 0.4) is 0 Å². The van der Waals surface area contributed by atoms with Gasteiger partial charge in [-0.2, -0.15) is 0 Å². The van der Waals surface area contributed by atoms with Gasteiger partial charge < -0.3 is 15.5 Å². The van der Waals surface area contributed by atoms with Gasteiger partial charge in [-0.15, -0.1) is 0 Å². The maximum Gasteiger partial charge on any atom is 0.245 e. The number of amides is 2. The zero-order valence-electron chi connectivity index (χ0n) is 24.8. The summed E-state index contributed by atoms with van der Waals surface area (Å²) in [6, 6.07) is 24.0. The predicted molar refractivity (Wildman–Crippen MR) is 171 cm³/mol. The van der Waals surface area contributed by atoms with Gasteiger partial charge in [0.05, 0.1) is 17.0 Å². The summed E-state index contributed by atoms with van der Waals surface area (Å²) in [6.07, 6.45) is 1.93. The van der Waals surface area contributed by atoms with Crippen molar-refractivity contribution in [2.24, 2.45) is 0 Å². The maximum atomic E-state index is 14.1. The Balaban J connectivity index is 1.34. The van der Waals surface area contributed by atoms with Crippen molar-refractivity contribution in [2.75, 3.05) is 18.8 Å². The largest absolute Gasteiger partial charge is 0.343 e. The summed E-state index contributed by atoms with van der Waals surface area (Å²) in [5, 5.41) is 6.50. The van der Waals surface area contributed by atoms with Crippen LogP contribution in [-0.4, -0.2) is 61.3 Å². The fourth-order valence-electron chi connectivity index (χ4n) is 6.20. The van der Waals surface area contributed by atoms with E-state index < -0.39 is 32.6 Å². The number of carbonyl (C=O) groups excluding carboxylic acids is 2. The molecular weight excluding hydrogens is 582 g/mol. The molecule has 0 aliphatic carbocycles. The van der Waals surface area contributed by atoms with Crippen molar-refractivity contribution in [3.05, 3.63) is 106 Å². The van der Waals surface area contributed by atoms with Gasteiger partial charge in [-0.1, -0.05) is 78.3 Å². The van der Waals surface area contributed by atoms with Gasteiger partial charge in [-0.25, -0.2) is 8.42 Å². The van der Waals surface area contributed by atoms with Crippen LogP contribution in [0.2, 0.25) is 5.02 Å². The minimum absolute atomic E-state index is 0.0451. The van der Waals surface area contributed by atoms with Crippen molar-refractivity contribution < 1.29 is 18.0 Å². The predicted octanol–water partition coefficient (Wildman–Crippen LogP) is 4.47. The number of hydrogen-bond donors (Lipinski definition) is 2. The van der Waals surface area contributed by atoms with Crippen molar-refractivity contribution in [1.82, 2.24) is 15.5 Å². The molecule has 2 aliphatic rings. The van der Waals surface area contributed by atoms with Crippen LogP contribution in [0.5, 0.6) is 0 Å². The number of halogens is 1. The Morgan fingerprint density at radius 1 is 0.953 bits per heavy atom. The average molecular weight is 622 g/mol. The number of carbonyl (C=O) groups is 2. The Hall–Kier alpha value is -3.20. The third kappa shape index (κ3) is 7.31. The molecule has 1 fully saturated rings. The van der Waals surface area contributed by atoms with Crippen LogP contribution in [0.4, 0.5) is 0 Å². The van der Waals surface area contributed by atoms with Crippen molar-refractivity contribution >= 4 is 33.3 Å². The summed E-state index contributed by atoms with van der Waals surface area (Å²) in [5.41, 5.74) is 3.61. The van der Waals surface area contributed by atoms with Crippen LogP contribution in [0.25, 0.3) is 0 Å². The summed E-state index contributed by atoms with van der Waals surface area (Å²) >= 11 is 6.11. The third-order valence-electron chi connectivity index (χ3n) is 8.98. The molecule has 9 heteroatoms. The van der Waals surface area contributed by atoms with Crippen LogP contribution < -0.4 is 10.6 Å². The van der Waals surface area contributed by atoms with E-state index in [2.05, 4.69) is 16.7 Å². The van der Waals surface area contributed by atoms with Crippen LogP contribution >= 0.6 is 11.6 Å². The zero-order valence-corrected chi connectivity index (χ0v) is 26.3. The highest BCUT2D eigenvalue weighted by Crippen LogP contribution is 2.38. The van der Waals surface area contributed by atoms with E-state index in [-0.39, 0.29) is 17.6 Å². The molecule has 0 spiro atoms. The Bertz CT molecular complexity index is 1540. The first-order valence-corrected chi connectivity index (χ1v) is 17.1.